The molecule has 0 unspecified atom stereocenters. The number of hydrogen-bond acceptors (Lipinski definition) is 3. The van der Waals surface area contributed by atoms with Gasteiger partial charge in [-0.25, -0.2) is 4.98 Å². The smallest absolute Gasteiger partial charge is 0.150 e. The van der Waals surface area contributed by atoms with E-state index in [9.17, 15) is 0 Å². The van der Waals surface area contributed by atoms with E-state index in [1.807, 2.05) is 13.8 Å². The van der Waals surface area contributed by atoms with Crippen LogP contribution in [0.5, 0.6) is 0 Å². The number of aromatic nitrogens is 2. The van der Waals surface area contributed by atoms with Gasteiger partial charge in [0.2, 0.25) is 0 Å². The van der Waals surface area contributed by atoms with Crippen LogP contribution in [0.2, 0.25) is 0 Å². The Labute approximate surface area is 93.7 Å². The van der Waals surface area contributed by atoms with Crippen LogP contribution in [0.3, 0.4) is 0 Å². The van der Waals surface area contributed by atoms with E-state index in [1.54, 1.807) is 6.20 Å². The number of hydrogen-bond donors (Lipinski definition) is 0. The number of anilines is 1. The number of alkyl halides is 1. The lowest BCUT2D eigenvalue weighted by Crippen LogP contribution is -2.27. The first-order valence-electron chi connectivity index (χ1n) is 4.80. The zero-order chi connectivity index (χ0) is 10.6. The van der Waals surface area contributed by atoms with Gasteiger partial charge in [0.25, 0.3) is 0 Å². The summed E-state index contributed by atoms with van der Waals surface area (Å²) in [6, 6.07) is 0. The lowest BCUT2D eigenvalue weighted by molar-refractivity contribution is 0.833. The Balaban J connectivity index is 2.96. The molecule has 1 heterocycles. The van der Waals surface area contributed by atoms with Crippen molar-refractivity contribution in [2.24, 2.45) is 0 Å². The molecule has 78 valence electrons. The van der Waals surface area contributed by atoms with Gasteiger partial charge < -0.3 is 4.90 Å². The highest BCUT2D eigenvalue weighted by Gasteiger charge is 2.09. The fourth-order valence-electron chi connectivity index (χ4n) is 1.34. The molecule has 0 N–H and O–H groups in total. The van der Waals surface area contributed by atoms with Crippen LogP contribution in [-0.2, 0) is 0 Å². The summed E-state index contributed by atoms with van der Waals surface area (Å²) in [5.74, 6) is 1.01. The Kier molecular flexibility index (Phi) is 4.32. The lowest BCUT2D eigenvalue weighted by Gasteiger charge is -2.22. The first-order valence-corrected chi connectivity index (χ1v) is 5.92. The quantitative estimate of drug-likeness (QED) is 0.776. The monoisotopic (exact) mass is 257 g/mol. The molecule has 0 radical (unpaired) electrons. The van der Waals surface area contributed by atoms with Gasteiger partial charge in [-0.15, -0.1) is 0 Å². The molecule has 0 aromatic carbocycles. The molecule has 0 aliphatic rings. The molecular weight excluding hydrogens is 242 g/mol. The van der Waals surface area contributed by atoms with Crippen molar-refractivity contribution in [3.05, 3.63) is 17.6 Å². The van der Waals surface area contributed by atoms with Crippen molar-refractivity contribution in [2.75, 3.05) is 23.3 Å². The highest BCUT2D eigenvalue weighted by Crippen LogP contribution is 2.14. The van der Waals surface area contributed by atoms with Gasteiger partial charge in [0, 0.05) is 24.6 Å². The standard InChI is InChI=1S/C10H16BrN3/c1-4-14(6-5-11)10-9(3)12-7-8(2)13-10/h7H,4-6H2,1-3H3. The summed E-state index contributed by atoms with van der Waals surface area (Å²) >= 11 is 3.44. The molecule has 4 heteroatoms. The van der Waals surface area contributed by atoms with Crippen molar-refractivity contribution in [1.82, 2.24) is 9.97 Å². The highest BCUT2D eigenvalue weighted by molar-refractivity contribution is 9.09. The first kappa shape index (κ1) is 11.4. The maximum absolute atomic E-state index is 4.51. The average molecular weight is 258 g/mol. The van der Waals surface area contributed by atoms with Gasteiger partial charge in [0.05, 0.1) is 11.4 Å². The molecule has 0 saturated carbocycles. The summed E-state index contributed by atoms with van der Waals surface area (Å²) in [6.45, 7) is 8.03. The van der Waals surface area contributed by atoms with Crippen LogP contribution in [0.1, 0.15) is 18.3 Å². The van der Waals surface area contributed by atoms with Gasteiger partial charge in [-0.05, 0) is 20.8 Å². The molecule has 1 rings (SSSR count). The van der Waals surface area contributed by atoms with E-state index in [2.05, 4.69) is 37.7 Å². The van der Waals surface area contributed by atoms with Gasteiger partial charge in [0.15, 0.2) is 0 Å². The molecule has 0 amide bonds. The van der Waals surface area contributed by atoms with Gasteiger partial charge in [-0.2, -0.15) is 0 Å². The third-order valence-electron chi connectivity index (χ3n) is 2.09. The van der Waals surface area contributed by atoms with Crippen LogP contribution < -0.4 is 4.90 Å². The van der Waals surface area contributed by atoms with Crippen LogP contribution in [0.4, 0.5) is 5.82 Å². The maximum atomic E-state index is 4.51. The van der Waals surface area contributed by atoms with Crippen LogP contribution in [0, 0.1) is 13.8 Å². The van der Waals surface area contributed by atoms with Crippen LogP contribution in [0.15, 0.2) is 6.20 Å². The molecule has 0 spiro atoms. The van der Waals surface area contributed by atoms with Gasteiger partial charge in [-0.1, -0.05) is 15.9 Å². The van der Waals surface area contributed by atoms with Crippen LogP contribution in [-0.4, -0.2) is 28.4 Å². The topological polar surface area (TPSA) is 29.0 Å². The summed E-state index contributed by atoms with van der Waals surface area (Å²) in [5, 5.41) is 0.954. The van der Waals surface area contributed by atoms with E-state index in [0.717, 1.165) is 35.6 Å². The highest BCUT2D eigenvalue weighted by atomic mass is 79.9. The number of rotatable bonds is 4. The minimum atomic E-state index is 0.954. The summed E-state index contributed by atoms with van der Waals surface area (Å²) in [7, 11) is 0. The summed E-state index contributed by atoms with van der Waals surface area (Å²) in [5.41, 5.74) is 1.97. The molecule has 0 saturated heterocycles. The minimum Gasteiger partial charge on any atom is -0.355 e. The lowest BCUT2D eigenvalue weighted by atomic mass is 10.3. The second-order valence-corrected chi connectivity index (χ2v) is 3.98. The average Bonchev–Trinajstić information content (AvgIpc) is 2.18. The van der Waals surface area contributed by atoms with Crippen molar-refractivity contribution in [2.45, 2.75) is 20.8 Å². The molecule has 1 aromatic heterocycles. The molecular formula is C10H16BrN3. The summed E-state index contributed by atoms with van der Waals surface area (Å²) < 4.78 is 0. The fraction of sp³-hybridized carbons (Fsp3) is 0.600. The zero-order valence-electron chi connectivity index (χ0n) is 8.92. The van der Waals surface area contributed by atoms with Crippen molar-refractivity contribution >= 4 is 21.7 Å². The van der Waals surface area contributed by atoms with E-state index in [0.29, 0.717) is 0 Å². The first-order chi connectivity index (χ1) is 6.69. The molecule has 1 aromatic rings. The van der Waals surface area contributed by atoms with Gasteiger partial charge in [0.1, 0.15) is 5.82 Å². The Morgan fingerprint density at radius 1 is 1.43 bits per heavy atom. The number of nitrogens with zero attached hydrogens (tertiary/aromatic N) is 3. The maximum Gasteiger partial charge on any atom is 0.150 e. The fourth-order valence-corrected chi connectivity index (χ4v) is 1.77. The molecule has 0 atom stereocenters. The van der Waals surface area contributed by atoms with E-state index in [1.165, 1.54) is 0 Å². The molecule has 0 bridgehead atoms. The van der Waals surface area contributed by atoms with Crippen LogP contribution >= 0.6 is 15.9 Å². The van der Waals surface area contributed by atoms with E-state index in [-0.39, 0.29) is 0 Å². The van der Waals surface area contributed by atoms with E-state index >= 15 is 0 Å². The second kappa shape index (κ2) is 5.29. The summed E-state index contributed by atoms with van der Waals surface area (Å²) in [4.78, 5) is 11.0. The molecule has 0 aliphatic carbocycles. The Morgan fingerprint density at radius 3 is 2.71 bits per heavy atom. The predicted molar refractivity (Wildman–Crippen MR) is 63.2 cm³/mol. The molecule has 3 nitrogen and oxygen atoms in total. The van der Waals surface area contributed by atoms with Crippen molar-refractivity contribution in [1.29, 1.82) is 0 Å². The Morgan fingerprint density at radius 2 is 2.14 bits per heavy atom. The van der Waals surface area contributed by atoms with E-state index < -0.39 is 0 Å². The van der Waals surface area contributed by atoms with Gasteiger partial charge >= 0.3 is 0 Å². The summed E-state index contributed by atoms with van der Waals surface area (Å²) in [6.07, 6.45) is 1.81. The van der Waals surface area contributed by atoms with Crippen molar-refractivity contribution < 1.29 is 0 Å². The largest absolute Gasteiger partial charge is 0.355 e. The second-order valence-electron chi connectivity index (χ2n) is 3.19. The third kappa shape index (κ3) is 2.67. The van der Waals surface area contributed by atoms with Crippen molar-refractivity contribution in [3.63, 3.8) is 0 Å². The van der Waals surface area contributed by atoms with Gasteiger partial charge in [-0.3, -0.25) is 4.98 Å². The molecule has 0 fully saturated rings. The predicted octanol–water partition coefficient (Wildman–Crippen LogP) is 2.31. The molecule has 14 heavy (non-hydrogen) atoms. The zero-order valence-corrected chi connectivity index (χ0v) is 10.5. The Hall–Kier alpha value is -0.640. The normalized spacial score (nSPS) is 10.3. The number of halogens is 1. The SMILES string of the molecule is CCN(CCBr)c1nc(C)cnc1C. The number of aryl methyl sites for hydroxylation is 2. The Bertz CT molecular complexity index is 301. The third-order valence-corrected chi connectivity index (χ3v) is 2.44. The molecule has 0 aliphatic heterocycles. The minimum absolute atomic E-state index is 0.954. The van der Waals surface area contributed by atoms with E-state index in [4.69, 9.17) is 0 Å². The van der Waals surface area contributed by atoms with Crippen molar-refractivity contribution in [3.8, 4) is 0 Å². The van der Waals surface area contributed by atoms with Crippen LogP contribution in [0.25, 0.3) is 0 Å².